The molecule has 112 valence electrons. The van der Waals surface area contributed by atoms with Gasteiger partial charge in [0, 0.05) is 13.2 Å². The average molecular weight is 281 g/mol. The minimum absolute atomic E-state index is 0.297. The van der Waals surface area contributed by atoms with Crippen LogP contribution in [0.2, 0.25) is 0 Å². The lowest BCUT2D eigenvalue weighted by atomic mass is 9.74. The van der Waals surface area contributed by atoms with E-state index in [1.807, 2.05) is 6.92 Å². The predicted octanol–water partition coefficient (Wildman–Crippen LogP) is 1.60. The molecule has 0 spiro atoms. The van der Waals surface area contributed by atoms with Crippen molar-refractivity contribution in [2.24, 2.45) is 12.5 Å². The van der Waals surface area contributed by atoms with Gasteiger partial charge in [-0.05, 0) is 34.1 Å². The van der Waals surface area contributed by atoms with Crippen LogP contribution in [0.15, 0.2) is 6.20 Å². The van der Waals surface area contributed by atoms with Crippen molar-refractivity contribution in [3.63, 3.8) is 0 Å². The molecule has 0 bridgehead atoms. The lowest BCUT2D eigenvalue weighted by Crippen LogP contribution is -2.57. The third kappa shape index (κ3) is 2.84. The summed E-state index contributed by atoms with van der Waals surface area (Å²) < 4.78 is 1.59. The van der Waals surface area contributed by atoms with Gasteiger partial charge in [-0.15, -0.1) is 0 Å². The minimum Gasteiger partial charge on any atom is -0.481 e. The van der Waals surface area contributed by atoms with Crippen LogP contribution >= 0.6 is 0 Å². The largest absolute Gasteiger partial charge is 0.481 e. The van der Waals surface area contributed by atoms with Gasteiger partial charge < -0.3 is 10.4 Å². The Balaban J connectivity index is 3.03. The highest BCUT2D eigenvalue weighted by atomic mass is 16.4. The Hall–Kier alpha value is -1.85. The zero-order chi connectivity index (χ0) is 15.7. The van der Waals surface area contributed by atoms with Gasteiger partial charge in [-0.3, -0.25) is 14.3 Å². The van der Waals surface area contributed by atoms with Crippen LogP contribution in [0.3, 0.4) is 0 Å². The van der Waals surface area contributed by atoms with Crippen LogP contribution in [0.1, 0.15) is 50.7 Å². The maximum absolute atomic E-state index is 12.4. The van der Waals surface area contributed by atoms with Crippen LogP contribution in [-0.2, 0) is 18.3 Å². The molecule has 6 heteroatoms. The first kappa shape index (κ1) is 16.2. The third-order valence-electron chi connectivity index (χ3n) is 4.01. The highest BCUT2D eigenvalue weighted by Crippen LogP contribution is 2.31. The molecule has 0 atom stereocenters. The normalized spacial score (nSPS) is 12.3. The number of hydrogen-bond acceptors (Lipinski definition) is 3. The molecule has 0 saturated heterocycles. The number of nitrogens with zero attached hydrogens (tertiary/aromatic N) is 2. The molecule has 0 aliphatic carbocycles. The monoisotopic (exact) mass is 281 g/mol. The Morgan fingerprint density at radius 3 is 2.35 bits per heavy atom. The summed E-state index contributed by atoms with van der Waals surface area (Å²) in [4.78, 5) is 23.7. The van der Waals surface area contributed by atoms with E-state index in [-0.39, 0.29) is 5.91 Å². The minimum atomic E-state index is -1.09. The average Bonchev–Trinajstić information content (AvgIpc) is 2.69. The molecule has 0 aliphatic rings. The number of carbonyl (C=O) groups excluding carboxylic acids is 1. The van der Waals surface area contributed by atoms with Crippen molar-refractivity contribution in [3.8, 4) is 0 Å². The van der Waals surface area contributed by atoms with Crippen molar-refractivity contribution in [2.75, 3.05) is 0 Å². The second kappa shape index (κ2) is 5.26. The number of carboxylic acid groups (broad SMARTS) is 1. The molecular formula is C14H23N3O3. The number of aryl methyl sites for hydroxylation is 2. The lowest BCUT2D eigenvalue weighted by Gasteiger charge is -2.38. The van der Waals surface area contributed by atoms with Crippen molar-refractivity contribution in [3.05, 3.63) is 17.5 Å². The molecule has 6 nitrogen and oxygen atoms in total. The van der Waals surface area contributed by atoms with Gasteiger partial charge in [0.25, 0.3) is 5.91 Å². The van der Waals surface area contributed by atoms with E-state index in [0.29, 0.717) is 17.7 Å². The first-order valence-electron chi connectivity index (χ1n) is 6.61. The molecular weight excluding hydrogens is 258 g/mol. The van der Waals surface area contributed by atoms with Crippen molar-refractivity contribution in [2.45, 2.75) is 46.6 Å². The number of aromatic nitrogens is 2. The fraction of sp³-hybridized carbons (Fsp3) is 0.643. The third-order valence-corrected chi connectivity index (χ3v) is 4.01. The van der Waals surface area contributed by atoms with E-state index in [4.69, 9.17) is 0 Å². The number of amides is 1. The van der Waals surface area contributed by atoms with Gasteiger partial charge in [-0.1, -0.05) is 6.92 Å². The molecule has 1 aromatic rings. The molecule has 0 radical (unpaired) electrons. The van der Waals surface area contributed by atoms with Gasteiger partial charge in [0.2, 0.25) is 0 Å². The van der Waals surface area contributed by atoms with Gasteiger partial charge >= 0.3 is 5.97 Å². The van der Waals surface area contributed by atoms with E-state index in [2.05, 4.69) is 10.4 Å². The van der Waals surface area contributed by atoms with Crippen LogP contribution in [0, 0.1) is 5.41 Å². The highest BCUT2D eigenvalue weighted by molar-refractivity contribution is 5.96. The van der Waals surface area contributed by atoms with Crippen molar-refractivity contribution in [1.82, 2.24) is 15.1 Å². The van der Waals surface area contributed by atoms with Crippen LogP contribution in [0.25, 0.3) is 0 Å². The molecule has 1 heterocycles. The van der Waals surface area contributed by atoms with E-state index in [1.165, 1.54) is 0 Å². The Bertz CT molecular complexity index is 530. The van der Waals surface area contributed by atoms with Gasteiger partial charge in [0.05, 0.1) is 22.2 Å². The number of hydrogen-bond donors (Lipinski definition) is 2. The first-order valence-corrected chi connectivity index (χ1v) is 6.61. The number of nitrogens with one attached hydrogen (secondary N) is 1. The summed E-state index contributed by atoms with van der Waals surface area (Å²) >= 11 is 0. The molecule has 1 amide bonds. The fourth-order valence-corrected chi connectivity index (χ4v) is 1.76. The van der Waals surface area contributed by atoms with Crippen molar-refractivity contribution < 1.29 is 14.7 Å². The van der Waals surface area contributed by atoms with Gasteiger partial charge in [0.1, 0.15) is 0 Å². The van der Waals surface area contributed by atoms with Gasteiger partial charge in [-0.25, -0.2) is 0 Å². The fourth-order valence-electron chi connectivity index (χ4n) is 1.76. The molecule has 1 rings (SSSR count). The predicted molar refractivity (Wildman–Crippen MR) is 75.5 cm³/mol. The standard InChI is InChI=1S/C14H23N3O3/c1-7-10-9(8-17(6)16-10)11(18)15-14(4,5)13(2,3)12(19)20/h8H,7H2,1-6H3,(H,15,18)(H,19,20). The van der Waals surface area contributed by atoms with Crippen LogP contribution < -0.4 is 5.32 Å². The molecule has 0 aromatic carbocycles. The molecule has 20 heavy (non-hydrogen) atoms. The van der Waals surface area contributed by atoms with E-state index >= 15 is 0 Å². The van der Waals surface area contributed by atoms with Crippen LogP contribution in [-0.4, -0.2) is 32.3 Å². The summed E-state index contributed by atoms with van der Waals surface area (Å²) in [6.07, 6.45) is 2.30. The maximum Gasteiger partial charge on any atom is 0.311 e. The second-order valence-corrected chi connectivity index (χ2v) is 6.03. The summed E-state index contributed by atoms with van der Waals surface area (Å²) in [6.45, 7) is 8.53. The van der Waals surface area contributed by atoms with Gasteiger partial charge in [0.15, 0.2) is 0 Å². The Morgan fingerprint density at radius 2 is 1.90 bits per heavy atom. The maximum atomic E-state index is 12.4. The summed E-state index contributed by atoms with van der Waals surface area (Å²) in [6, 6.07) is 0. The number of carboxylic acids is 1. The lowest BCUT2D eigenvalue weighted by molar-refractivity contribution is -0.150. The summed E-state index contributed by atoms with van der Waals surface area (Å²) in [5.74, 6) is -1.25. The van der Waals surface area contributed by atoms with Gasteiger partial charge in [-0.2, -0.15) is 5.10 Å². The molecule has 0 saturated carbocycles. The number of aliphatic carboxylic acids is 1. The topological polar surface area (TPSA) is 84.2 Å². The van der Waals surface area contributed by atoms with Crippen molar-refractivity contribution in [1.29, 1.82) is 0 Å². The molecule has 2 N–H and O–H groups in total. The van der Waals surface area contributed by atoms with E-state index in [9.17, 15) is 14.7 Å². The van der Waals surface area contributed by atoms with E-state index < -0.39 is 16.9 Å². The zero-order valence-electron chi connectivity index (χ0n) is 12.9. The molecule has 0 fully saturated rings. The van der Waals surface area contributed by atoms with Crippen LogP contribution in [0.4, 0.5) is 0 Å². The smallest absolute Gasteiger partial charge is 0.311 e. The Morgan fingerprint density at radius 1 is 1.35 bits per heavy atom. The molecule has 1 aromatic heterocycles. The molecule has 0 aliphatic heterocycles. The summed E-state index contributed by atoms with van der Waals surface area (Å²) in [7, 11) is 1.75. The Kier molecular flexibility index (Phi) is 4.27. The highest BCUT2D eigenvalue weighted by Gasteiger charge is 2.44. The zero-order valence-corrected chi connectivity index (χ0v) is 12.9. The first-order chi connectivity index (χ1) is 9.02. The summed E-state index contributed by atoms with van der Waals surface area (Å²) in [5, 5.41) is 16.3. The quantitative estimate of drug-likeness (QED) is 0.858. The van der Waals surface area contributed by atoms with E-state index in [1.54, 1.807) is 45.6 Å². The SMILES string of the molecule is CCc1nn(C)cc1C(=O)NC(C)(C)C(C)(C)C(=O)O. The summed E-state index contributed by atoms with van der Waals surface area (Å²) in [5.41, 5.74) is -0.785. The Labute approximate surface area is 119 Å². The number of rotatable bonds is 5. The van der Waals surface area contributed by atoms with Crippen LogP contribution in [0.5, 0.6) is 0 Å². The molecule has 0 unspecified atom stereocenters. The number of carbonyl (C=O) groups is 2. The van der Waals surface area contributed by atoms with Crippen molar-refractivity contribution >= 4 is 11.9 Å². The van der Waals surface area contributed by atoms with E-state index in [0.717, 1.165) is 0 Å². The second-order valence-electron chi connectivity index (χ2n) is 6.03.